The standard InChI is InChI=1S/C14H19Cl2NO4S/c1-10(22(18,19)20)9-17-6-4-11(5-7-17)21-12-2-3-13(15)14(16)8-12/h2-3,8,10-11H,4-7,9H2,1H3,(H,18,19,20). The first-order chi connectivity index (χ1) is 10.3. The van der Waals surface area contributed by atoms with Crippen molar-refractivity contribution in [3.8, 4) is 5.75 Å². The van der Waals surface area contributed by atoms with Gasteiger partial charge in [0.25, 0.3) is 10.1 Å². The molecule has 1 atom stereocenters. The Hall–Kier alpha value is -0.530. The average Bonchev–Trinajstić information content (AvgIpc) is 2.44. The van der Waals surface area contributed by atoms with Crippen molar-refractivity contribution in [2.75, 3.05) is 19.6 Å². The minimum absolute atomic E-state index is 0.0644. The Morgan fingerprint density at radius 1 is 1.32 bits per heavy atom. The Balaban J connectivity index is 1.83. The van der Waals surface area contributed by atoms with Gasteiger partial charge in [-0.3, -0.25) is 4.55 Å². The SMILES string of the molecule is CC(CN1CCC(Oc2ccc(Cl)c(Cl)c2)CC1)S(=O)(=O)O. The number of hydrogen-bond donors (Lipinski definition) is 1. The van der Waals surface area contributed by atoms with Crippen LogP contribution >= 0.6 is 23.2 Å². The van der Waals surface area contributed by atoms with E-state index in [2.05, 4.69) is 0 Å². The van der Waals surface area contributed by atoms with Crippen molar-refractivity contribution in [3.63, 3.8) is 0 Å². The molecule has 0 bridgehead atoms. The highest BCUT2D eigenvalue weighted by Crippen LogP contribution is 2.28. The van der Waals surface area contributed by atoms with Crippen molar-refractivity contribution in [2.24, 2.45) is 0 Å². The van der Waals surface area contributed by atoms with E-state index in [-0.39, 0.29) is 6.10 Å². The molecule has 0 aliphatic carbocycles. The number of halogens is 2. The third-order valence-electron chi connectivity index (χ3n) is 3.75. The molecular formula is C14H19Cl2NO4S. The largest absolute Gasteiger partial charge is 0.490 e. The summed E-state index contributed by atoms with van der Waals surface area (Å²) in [6.45, 7) is 3.30. The van der Waals surface area contributed by atoms with Gasteiger partial charge in [0.1, 0.15) is 11.9 Å². The lowest BCUT2D eigenvalue weighted by Crippen LogP contribution is -2.42. The lowest BCUT2D eigenvalue weighted by atomic mass is 10.1. The molecule has 2 rings (SSSR count). The number of nitrogens with zero attached hydrogens (tertiary/aromatic N) is 1. The van der Waals surface area contributed by atoms with Crippen LogP contribution in [0.15, 0.2) is 18.2 Å². The maximum Gasteiger partial charge on any atom is 0.268 e. The van der Waals surface area contributed by atoms with Gasteiger partial charge < -0.3 is 9.64 Å². The van der Waals surface area contributed by atoms with Crippen LogP contribution in [0.3, 0.4) is 0 Å². The summed E-state index contributed by atoms with van der Waals surface area (Å²) in [4.78, 5) is 2.02. The molecule has 0 amide bonds. The predicted octanol–water partition coefficient (Wildman–Crippen LogP) is 3.11. The second kappa shape index (κ2) is 7.36. The first-order valence-electron chi connectivity index (χ1n) is 7.06. The van der Waals surface area contributed by atoms with E-state index in [4.69, 9.17) is 32.5 Å². The topological polar surface area (TPSA) is 66.8 Å². The maximum absolute atomic E-state index is 11.1. The van der Waals surface area contributed by atoms with Gasteiger partial charge >= 0.3 is 0 Å². The fourth-order valence-electron chi connectivity index (χ4n) is 2.41. The van der Waals surface area contributed by atoms with Gasteiger partial charge in [0, 0.05) is 25.7 Å². The molecule has 1 aliphatic rings. The van der Waals surface area contributed by atoms with Crippen molar-refractivity contribution in [2.45, 2.75) is 31.1 Å². The normalized spacial score (nSPS) is 19.1. The Kier molecular flexibility index (Phi) is 5.96. The zero-order chi connectivity index (χ0) is 16.3. The van der Waals surface area contributed by atoms with E-state index in [0.29, 0.717) is 22.3 Å². The average molecular weight is 368 g/mol. The third-order valence-corrected chi connectivity index (χ3v) is 5.66. The van der Waals surface area contributed by atoms with Gasteiger partial charge in [-0.2, -0.15) is 8.42 Å². The molecule has 0 spiro atoms. The summed E-state index contributed by atoms with van der Waals surface area (Å²) < 4.78 is 37.0. The fourth-order valence-corrected chi connectivity index (χ4v) is 3.10. The van der Waals surface area contributed by atoms with E-state index < -0.39 is 15.4 Å². The van der Waals surface area contributed by atoms with E-state index in [9.17, 15) is 8.42 Å². The number of benzene rings is 1. The molecule has 1 aliphatic heterocycles. The highest BCUT2D eigenvalue weighted by molar-refractivity contribution is 7.86. The van der Waals surface area contributed by atoms with Crippen molar-refractivity contribution in [3.05, 3.63) is 28.2 Å². The molecule has 0 saturated carbocycles. The zero-order valence-corrected chi connectivity index (χ0v) is 14.5. The molecule has 1 N–H and O–H groups in total. The first-order valence-corrected chi connectivity index (χ1v) is 9.32. The van der Waals surface area contributed by atoms with Crippen LogP contribution < -0.4 is 4.74 Å². The van der Waals surface area contributed by atoms with Crippen LogP contribution in [-0.2, 0) is 10.1 Å². The molecule has 124 valence electrons. The van der Waals surface area contributed by atoms with Gasteiger partial charge in [-0.05, 0) is 31.9 Å². The van der Waals surface area contributed by atoms with Crippen LogP contribution in [0.5, 0.6) is 5.75 Å². The van der Waals surface area contributed by atoms with E-state index in [1.807, 2.05) is 4.90 Å². The number of hydrogen-bond acceptors (Lipinski definition) is 4. The van der Waals surface area contributed by atoms with E-state index in [1.165, 1.54) is 6.92 Å². The predicted molar refractivity (Wildman–Crippen MR) is 87.6 cm³/mol. The molecule has 5 nitrogen and oxygen atoms in total. The number of ether oxygens (including phenoxy) is 1. The van der Waals surface area contributed by atoms with Crippen LogP contribution in [0.4, 0.5) is 0 Å². The molecule has 1 aromatic carbocycles. The molecule has 1 fully saturated rings. The second-order valence-corrected chi connectivity index (χ2v) is 8.17. The van der Waals surface area contributed by atoms with Crippen molar-refractivity contribution < 1.29 is 17.7 Å². The summed E-state index contributed by atoms with van der Waals surface area (Å²) in [6.07, 6.45) is 1.64. The summed E-state index contributed by atoms with van der Waals surface area (Å²) in [7, 11) is -3.97. The summed E-state index contributed by atoms with van der Waals surface area (Å²) in [5, 5.41) is 0.168. The third kappa shape index (κ3) is 4.99. The molecule has 0 aromatic heterocycles. The van der Waals surface area contributed by atoms with Gasteiger partial charge in [0.15, 0.2) is 0 Å². The summed E-state index contributed by atoms with van der Waals surface area (Å²) >= 11 is 11.8. The van der Waals surface area contributed by atoms with E-state index in [1.54, 1.807) is 18.2 Å². The van der Waals surface area contributed by atoms with Gasteiger partial charge in [0.05, 0.1) is 15.3 Å². The monoisotopic (exact) mass is 367 g/mol. The lowest BCUT2D eigenvalue weighted by Gasteiger charge is -2.33. The minimum atomic E-state index is -3.97. The van der Waals surface area contributed by atoms with Crippen molar-refractivity contribution >= 4 is 33.3 Å². The van der Waals surface area contributed by atoms with E-state index in [0.717, 1.165) is 25.9 Å². The van der Waals surface area contributed by atoms with Crippen LogP contribution in [-0.4, -0.2) is 48.9 Å². The highest BCUT2D eigenvalue weighted by atomic mass is 35.5. The lowest BCUT2D eigenvalue weighted by molar-refractivity contribution is 0.101. The van der Waals surface area contributed by atoms with Crippen LogP contribution in [0.1, 0.15) is 19.8 Å². The Bertz CT molecular complexity index is 615. The first kappa shape index (κ1) is 17.8. The summed E-state index contributed by atoms with van der Waals surface area (Å²) in [5.41, 5.74) is 0. The van der Waals surface area contributed by atoms with Crippen molar-refractivity contribution in [1.82, 2.24) is 4.90 Å². The summed E-state index contributed by atoms with van der Waals surface area (Å²) in [6, 6.07) is 5.17. The molecule has 1 aromatic rings. The van der Waals surface area contributed by atoms with Gasteiger partial charge in [-0.25, -0.2) is 0 Å². The number of rotatable bonds is 5. The minimum Gasteiger partial charge on any atom is -0.490 e. The van der Waals surface area contributed by atoms with Gasteiger partial charge in [-0.1, -0.05) is 23.2 Å². The molecule has 1 unspecified atom stereocenters. The molecular weight excluding hydrogens is 349 g/mol. The Morgan fingerprint density at radius 3 is 2.50 bits per heavy atom. The van der Waals surface area contributed by atoms with E-state index >= 15 is 0 Å². The maximum atomic E-state index is 11.1. The fraction of sp³-hybridized carbons (Fsp3) is 0.571. The van der Waals surface area contributed by atoms with Gasteiger partial charge in [0.2, 0.25) is 0 Å². The summed E-state index contributed by atoms with van der Waals surface area (Å²) in [5.74, 6) is 0.680. The quantitative estimate of drug-likeness (QED) is 0.809. The molecule has 8 heteroatoms. The van der Waals surface area contributed by atoms with Gasteiger partial charge in [-0.15, -0.1) is 0 Å². The second-order valence-electron chi connectivity index (χ2n) is 5.52. The van der Waals surface area contributed by atoms with Crippen molar-refractivity contribution in [1.29, 1.82) is 0 Å². The Morgan fingerprint density at radius 2 is 1.95 bits per heavy atom. The Labute approximate surface area is 140 Å². The molecule has 1 saturated heterocycles. The molecule has 0 radical (unpaired) electrons. The number of likely N-dealkylation sites (tertiary alicyclic amines) is 1. The molecule has 1 heterocycles. The van der Waals surface area contributed by atoms with Crippen LogP contribution in [0.2, 0.25) is 10.0 Å². The smallest absolute Gasteiger partial charge is 0.268 e. The van der Waals surface area contributed by atoms with Crippen LogP contribution in [0, 0.1) is 0 Å². The molecule has 22 heavy (non-hydrogen) atoms. The highest BCUT2D eigenvalue weighted by Gasteiger charge is 2.25. The number of piperidine rings is 1. The zero-order valence-electron chi connectivity index (χ0n) is 12.2. The van der Waals surface area contributed by atoms with Crippen LogP contribution in [0.25, 0.3) is 0 Å².